The lowest BCUT2D eigenvalue weighted by Crippen LogP contribution is -2.36. The number of rotatable bonds is 7. The third-order valence-corrected chi connectivity index (χ3v) is 8.18. The van der Waals surface area contributed by atoms with E-state index in [1.54, 1.807) is 14.2 Å². The fourth-order valence-corrected chi connectivity index (χ4v) is 6.31. The molecule has 200 valence electrons. The van der Waals surface area contributed by atoms with Gasteiger partial charge in [0.15, 0.2) is 5.78 Å². The number of hydrogen-bond donors (Lipinski definition) is 1. The van der Waals surface area contributed by atoms with Gasteiger partial charge in [0.25, 0.3) is 0 Å². The lowest BCUT2D eigenvalue weighted by Gasteiger charge is -2.37. The molecule has 1 aliphatic carbocycles. The van der Waals surface area contributed by atoms with Gasteiger partial charge in [-0.3, -0.25) is 4.79 Å². The number of nitrogens with one attached hydrogen (secondary N) is 1. The minimum atomic E-state index is -0.559. The van der Waals surface area contributed by atoms with Crippen LogP contribution in [-0.2, 0) is 19.1 Å². The van der Waals surface area contributed by atoms with Gasteiger partial charge >= 0.3 is 5.97 Å². The molecule has 38 heavy (non-hydrogen) atoms. The van der Waals surface area contributed by atoms with Crippen LogP contribution < -0.4 is 14.8 Å². The van der Waals surface area contributed by atoms with Crippen molar-refractivity contribution in [3.63, 3.8) is 0 Å². The summed E-state index contributed by atoms with van der Waals surface area (Å²) in [5, 5.41) is 3.41. The summed E-state index contributed by atoms with van der Waals surface area (Å²) in [6, 6.07) is 13.5. The standard InChI is InChI=1S/C30H32BrNO6/c1-17-27(30(34)38-16-20-7-6-12-37-20)28(18-10-11-26(36-3)22(31)13-18)29-23(32-17)14-19(15-24(29)33)21-8-4-5-9-25(21)35-2/h4-5,8-11,13,19-20,28,32H,6-7,12,14-16H2,1-3H3/t19-,20-,28-/m1/s1. The van der Waals surface area contributed by atoms with Crippen LogP contribution in [0.15, 0.2) is 69.5 Å². The molecule has 5 rings (SSSR count). The number of dihydropyridines is 1. The first-order valence-electron chi connectivity index (χ1n) is 12.9. The number of para-hydroxylation sites is 1. The van der Waals surface area contributed by atoms with E-state index in [9.17, 15) is 9.59 Å². The van der Waals surface area contributed by atoms with E-state index in [2.05, 4.69) is 21.2 Å². The molecule has 3 atom stereocenters. The molecule has 1 N–H and O–H groups in total. The lowest BCUT2D eigenvalue weighted by molar-refractivity contribution is -0.142. The Hall–Kier alpha value is -3.10. The number of Topliss-reactive ketones (excluding diaryl/α,β-unsaturated/α-hetero) is 1. The summed E-state index contributed by atoms with van der Waals surface area (Å²) in [6.45, 7) is 2.76. The number of methoxy groups -OCH3 is 2. The Balaban J connectivity index is 1.53. The predicted octanol–water partition coefficient (Wildman–Crippen LogP) is 5.55. The van der Waals surface area contributed by atoms with Crippen molar-refractivity contribution in [2.45, 2.75) is 50.5 Å². The predicted molar refractivity (Wildman–Crippen MR) is 146 cm³/mol. The zero-order valence-electron chi connectivity index (χ0n) is 21.8. The van der Waals surface area contributed by atoms with Crippen molar-refractivity contribution in [3.05, 3.63) is 80.6 Å². The van der Waals surface area contributed by atoms with E-state index in [1.807, 2.05) is 49.4 Å². The Labute approximate surface area is 231 Å². The van der Waals surface area contributed by atoms with Crippen LogP contribution in [0.5, 0.6) is 11.5 Å². The van der Waals surface area contributed by atoms with Gasteiger partial charge in [-0.25, -0.2) is 4.79 Å². The lowest BCUT2D eigenvalue weighted by atomic mass is 9.71. The van der Waals surface area contributed by atoms with E-state index in [4.69, 9.17) is 18.9 Å². The van der Waals surface area contributed by atoms with Gasteiger partial charge in [-0.1, -0.05) is 24.3 Å². The van der Waals surface area contributed by atoms with Crippen LogP contribution in [0.2, 0.25) is 0 Å². The smallest absolute Gasteiger partial charge is 0.336 e. The zero-order valence-corrected chi connectivity index (χ0v) is 23.4. The molecule has 0 bridgehead atoms. The second-order valence-electron chi connectivity index (χ2n) is 9.89. The summed E-state index contributed by atoms with van der Waals surface area (Å²) >= 11 is 3.58. The number of ketones is 1. The number of hydrogen-bond acceptors (Lipinski definition) is 7. The molecule has 0 amide bonds. The van der Waals surface area contributed by atoms with Gasteiger partial charge in [-0.2, -0.15) is 0 Å². The normalized spacial score (nSPS) is 23.2. The number of carbonyl (C=O) groups excluding carboxylic acids is 2. The monoisotopic (exact) mass is 581 g/mol. The average Bonchev–Trinajstić information content (AvgIpc) is 3.44. The third-order valence-electron chi connectivity index (χ3n) is 7.56. The second-order valence-corrected chi connectivity index (χ2v) is 10.7. The quantitative estimate of drug-likeness (QED) is 0.429. The highest BCUT2D eigenvalue weighted by molar-refractivity contribution is 9.10. The van der Waals surface area contributed by atoms with Crippen LogP contribution in [0.3, 0.4) is 0 Å². The Bertz CT molecular complexity index is 1310. The Morgan fingerprint density at radius 2 is 1.89 bits per heavy atom. The average molecular weight is 582 g/mol. The van der Waals surface area contributed by atoms with Crippen LogP contribution >= 0.6 is 15.9 Å². The second kappa shape index (κ2) is 11.3. The molecule has 0 radical (unpaired) electrons. The van der Waals surface area contributed by atoms with E-state index >= 15 is 0 Å². The summed E-state index contributed by atoms with van der Waals surface area (Å²) < 4.78 is 23.2. The van der Waals surface area contributed by atoms with Gasteiger partial charge < -0.3 is 24.3 Å². The zero-order chi connectivity index (χ0) is 26.8. The first-order valence-corrected chi connectivity index (χ1v) is 13.7. The number of benzene rings is 2. The van der Waals surface area contributed by atoms with Crippen molar-refractivity contribution in [2.75, 3.05) is 27.4 Å². The molecular formula is C30H32BrNO6. The largest absolute Gasteiger partial charge is 0.496 e. The molecule has 2 aromatic carbocycles. The minimum Gasteiger partial charge on any atom is -0.496 e. The van der Waals surface area contributed by atoms with Crippen molar-refractivity contribution in [1.29, 1.82) is 0 Å². The molecule has 3 aliphatic rings. The van der Waals surface area contributed by atoms with Gasteiger partial charge in [0, 0.05) is 41.8 Å². The van der Waals surface area contributed by atoms with Crippen LogP contribution in [0, 0.1) is 0 Å². The van der Waals surface area contributed by atoms with Gasteiger partial charge in [0.1, 0.15) is 18.1 Å². The molecule has 2 aliphatic heterocycles. The van der Waals surface area contributed by atoms with Gasteiger partial charge in [-0.15, -0.1) is 0 Å². The summed E-state index contributed by atoms with van der Waals surface area (Å²) in [4.78, 5) is 27.4. The molecule has 7 nitrogen and oxygen atoms in total. The highest BCUT2D eigenvalue weighted by Gasteiger charge is 2.42. The Morgan fingerprint density at radius 3 is 2.61 bits per heavy atom. The minimum absolute atomic E-state index is 0.00326. The summed E-state index contributed by atoms with van der Waals surface area (Å²) in [6.07, 6.45) is 2.71. The molecule has 0 aromatic heterocycles. The van der Waals surface area contributed by atoms with Crippen molar-refractivity contribution in [1.82, 2.24) is 5.32 Å². The third kappa shape index (κ3) is 5.12. The van der Waals surface area contributed by atoms with E-state index in [1.165, 1.54) is 0 Å². The fraction of sp³-hybridized carbons (Fsp3) is 0.400. The van der Waals surface area contributed by atoms with E-state index in [0.717, 1.165) is 39.9 Å². The first kappa shape index (κ1) is 26.5. The van der Waals surface area contributed by atoms with Crippen molar-refractivity contribution < 1.29 is 28.5 Å². The number of ether oxygens (including phenoxy) is 4. The summed E-state index contributed by atoms with van der Waals surface area (Å²) in [5.74, 6) is 0.417. The van der Waals surface area contributed by atoms with Gasteiger partial charge in [-0.05, 0) is 71.4 Å². The highest BCUT2D eigenvalue weighted by atomic mass is 79.9. The molecule has 8 heteroatoms. The van der Waals surface area contributed by atoms with Crippen molar-refractivity contribution in [3.8, 4) is 11.5 Å². The number of esters is 1. The Morgan fingerprint density at radius 1 is 1.11 bits per heavy atom. The maximum Gasteiger partial charge on any atom is 0.336 e. The number of carbonyl (C=O) groups is 2. The SMILES string of the molecule is COc1ccc([C@@H]2C(C(=O)OC[C@H]3CCCO3)=C(C)NC3=C2C(=O)C[C@H](c2ccccc2OC)C3)cc1Br. The summed E-state index contributed by atoms with van der Waals surface area (Å²) in [5.41, 5.74) is 4.41. The molecular weight excluding hydrogens is 550 g/mol. The Kier molecular flexibility index (Phi) is 7.91. The van der Waals surface area contributed by atoms with E-state index in [-0.39, 0.29) is 24.4 Å². The maximum atomic E-state index is 13.9. The van der Waals surface area contributed by atoms with Gasteiger partial charge in [0.05, 0.1) is 30.4 Å². The van der Waals surface area contributed by atoms with Crippen molar-refractivity contribution in [2.24, 2.45) is 0 Å². The van der Waals surface area contributed by atoms with Gasteiger partial charge in [0.2, 0.25) is 0 Å². The van der Waals surface area contributed by atoms with Crippen LogP contribution in [-0.4, -0.2) is 45.3 Å². The van der Waals surface area contributed by atoms with Crippen molar-refractivity contribution >= 4 is 27.7 Å². The number of allylic oxidation sites excluding steroid dienone is 3. The van der Waals surface area contributed by atoms with Crippen LogP contribution in [0.25, 0.3) is 0 Å². The molecule has 0 spiro atoms. The number of halogens is 1. The van der Waals surface area contributed by atoms with Crippen LogP contribution in [0.1, 0.15) is 55.6 Å². The molecule has 1 fully saturated rings. The molecule has 2 heterocycles. The first-order chi connectivity index (χ1) is 18.4. The van der Waals surface area contributed by atoms with E-state index < -0.39 is 11.9 Å². The fourth-order valence-electron chi connectivity index (χ4n) is 5.75. The molecule has 0 unspecified atom stereocenters. The van der Waals surface area contributed by atoms with Crippen LogP contribution in [0.4, 0.5) is 0 Å². The molecule has 1 saturated heterocycles. The topological polar surface area (TPSA) is 83.1 Å². The van der Waals surface area contributed by atoms with E-state index in [0.29, 0.717) is 42.0 Å². The molecule has 0 saturated carbocycles. The summed E-state index contributed by atoms with van der Waals surface area (Å²) in [7, 11) is 3.25. The molecule has 2 aromatic rings. The highest BCUT2D eigenvalue weighted by Crippen LogP contribution is 2.47. The maximum absolute atomic E-state index is 13.9.